The van der Waals surface area contributed by atoms with Gasteiger partial charge in [-0.25, -0.2) is 0 Å². The van der Waals surface area contributed by atoms with Crippen molar-refractivity contribution in [1.29, 1.82) is 0 Å². The quantitative estimate of drug-likeness (QED) is 0.814. The van der Waals surface area contributed by atoms with Crippen LogP contribution in [-0.4, -0.2) is 32.3 Å². The smallest absolute Gasteiger partial charge is 0.239 e. The van der Waals surface area contributed by atoms with E-state index in [1.54, 1.807) is 30.1 Å². The molecule has 1 aromatic carbocycles. The summed E-state index contributed by atoms with van der Waals surface area (Å²) in [5, 5.41) is 3.09. The molecule has 0 aliphatic carbocycles. The Bertz CT molecular complexity index is 421. The second-order valence-corrected chi connectivity index (χ2v) is 3.94. The molecule has 0 radical (unpaired) electrons. The van der Waals surface area contributed by atoms with Gasteiger partial charge in [-0.05, 0) is 25.1 Å². The predicted molar refractivity (Wildman–Crippen MR) is 68.8 cm³/mol. The zero-order valence-corrected chi connectivity index (χ0v) is 10.6. The summed E-state index contributed by atoms with van der Waals surface area (Å²) >= 11 is 5.90. The van der Waals surface area contributed by atoms with Gasteiger partial charge in [-0.15, -0.1) is 0 Å². The van der Waals surface area contributed by atoms with Crippen molar-refractivity contribution in [3.8, 4) is 0 Å². The van der Waals surface area contributed by atoms with Gasteiger partial charge >= 0.3 is 0 Å². The number of rotatable bonds is 5. The lowest BCUT2D eigenvalue weighted by molar-refractivity contribution is -0.119. The molecule has 1 rings (SSSR count). The van der Waals surface area contributed by atoms with Crippen LogP contribution in [-0.2, 0) is 4.79 Å². The van der Waals surface area contributed by atoms with Crippen LogP contribution in [0.15, 0.2) is 18.2 Å². The van der Waals surface area contributed by atoms with E-state index >= 15 is 0 Å². The summed E-state index contributed by atoms with van der Waals surface area (Å²) in [6.45, 7) is 2.74. The third-order valence-electron chi connectivity index (χ3n) is 2.46. The maximum absolute atomic E-state index is 11.4. The molecule has 0 fully saturated rings. The third-order valence-corrected chi connectivity index (χ3v) is 2.69. The molecule has 0 aliphatic rings. The monoisotopic (exact) mass is 254 g/mol. The van der Waals surface area contributed by atoms with E-state index in [0.29, 0.717) is 22.8 Å². The normalized spacial score (nSPS) is 9.82. The number of carbonyl (C=O) groups excluding carboxylic acids is 2. The van der Waals surface area contributed by atoms with Crippen molar-refractivity contribution in [2.75, 3.05) is 25.0 Å². The standard InChI is InChI=1S/C12H15ClN2O2/c1-3-15(7-12(17)14-2)11-6-10(13)5-4-9(11)8-16/h4-6,8H,3,7H2,1-2H3,(H,14,17). The Kier molecular flexibility index (Phi) is 4.97. The molecular formula is C12H15ClN2O2. The first kappa shape index (κ1) is 13.5. The Morgan fingerprint density at radius 3 is 2.76 bits per heavy atom. The zero-order valence-electron chi connectivity index (χ0n) is 9.87. The molecule has 0 atom stereocenters. The number of nitrogens with one attached hydrogen (secondary N) is 1. The summed E-state index contributed by atoms with van der Waals surface area (Å²) in [7, 11) is 1.58. The molecule has 5 heteroatoms. The summed E-state index contributed by atoms with van der Waals surface area (Å²) in [5.74, 6) is -0.108. The lowest BCUT2D eigenvalue weighted by Crippen LogP contribution is -2.36. The average molecular weight is 255 g/mol. The maximum Gasteiger partial charge on any atom is 0.239 e. The lowest BCUT2D eigenvalue weighted by atomic mass is 10.1. The number of nitrogens with zero attached hydrogens (tertiary/aromatic N) is 1. The minimum atomic E-state index is -0.108. The van der Waals surface area contributed by atoms with E-state index in [2.05, 4.69) is 5.32 Å². The van der Waals surface area contributed by atoms with Crippen molar-refractivity contribution in [2.24, 2.45) is 0 Å². The molecule has 0 bridgehead atoms. The van der Waals surface area contributed by atoms with Gasteiger partial charge in [0.2, 0.25) is 5.91 Å². The van der Waals surface area contributed by atoms with Gasteiger partial charge < -0.3 is 10.2 Å². The minimum Gasteiger partial charge on any atom is -0.362 e. The summed E-state index contributed by atoms with van der Waals surface area (Å²) < 4.78 is 0. The minimum absolute atomic E-state index is 0.108. The molecule has 0 heterocycles. The molecule has 17 heavy (non-hydrogen) atoms. The van der Waals surface area contributed by atoms with Gasteiger partial charge in [-0.3, -0.25) is 9.59 Å². The number of carbonyl (C=O) groups is 2. The Morgan fingerprint density at radius 1 is 1.53 bits per heavy atom. The fourth-order valence-electron chi connectivity index (χ4n) is 1.51. The van der Waals surface area contributed by atoms with Crippen LogP contribution in [0.1, 0.15) is 17.3 Å². The topological polar surface area (TPSA) is 49.4 Å². The molecule has 1 amide bonds. The fraction of sp³-hybridized carbons (Fsp3) is 0.333. The van der Waals surface area contributed by atoms with E-state index in [0.717, 1.165) is 6.29 Å². The largest absolute Gasteiger partial charge is 0.362 e. The van der Waals surface area contributed by atoms with Crippen molar-refractivity contribution in [3.05, 3.63) is 28.8 Å². The van der Waals surface area contributed by atoms with Crippen LogP contribution in [0.2, 0.25) is 5.02 Å². The highest BCUT2D eigenvalue weighted by Gasteiger charge is 2.13. The molecule has 4 nitrogen and oxygen atoms in total. The third kappa shape index (κ3) is 3.46. The van der Waals surface area contributed by atoms with Crippen LogP contribution in [0.3, 0.4) is 0 Å². The highest BCUT2D eigenvalue weighted by Crippen LogP contribution is 2.23. The van der Waals surface area contributed by atoms with Gasteiger partial charge in [0, 0.05) is 29.9 Å². The average Bonchev–Trinajstić information content (AvgIpc) is 2.35. The molecule has 0 saturated heterocycles. The van der Waals surface area contributed by atoms with Crippen molar-refractivity contribution in [3.63, 3.8) is 0 Å². The van der Waals surface area contributed by atoms with Crippen LogP contribution in [0.4, 0.5) is 5.69 Å². The van der Waals surface area contributed by atoms with E-state index in [1.807, 2.05) is 6.92 Å². The number of likely N-dealkylation sites (N-methyl/N-ethyl adjacent to an activating group) is 2. The van der Waals surface area contributed by atoms with E-state index < -0.39 is 0 Å². The van der Waals surface area contributed by atoms with Crippen LogP contribution in [0, 0.1) is 0 Å². The van der Waals surface area contributed by atoms with E-state index in [4.69, 9.17) is 11.6 Å². The summed E-state index contributed by atoms with van der Waals surface area (Å²) in [6, 6.07) is 5.00. The van der Waals surface area contributed by atoms with Crippen molar-refractivity contribution in [2.45, 2.75) is 6.92 Å². The molecule has 92 valence electrons. The van der Waals surface area contributed by atoms with Crippen molar-refractivity contribution < 1.29 is 9.59 Å². The van der Waals surface area contributed by atoms with Gasteiger partial charge in [0.15, 0.2) is 6.29 Å². The number of hydrogen-bond acceptors (Lipinski definition) is 3. The van der Waals surface area contributed by atoms with Gasteiger partial charge in [0.05, 0.1) is 6.54 Å². The van der Waals surface area contributed by atoms with Gasteiger partial charge in [-0.2, -0.15) is 0 Å². The Balaban J connectivity index is 3.05. The molecule has 0 aromatic heterocycles. The lowest BCUT2D eigenvalue weighted by Gasteiger charge is -2.23. The van der Waals surface area contributed by atoms with Gasteiger partial charge in [0.1, 0.15) is 0 Å². The first-order chi connectivity index (χ1) is 8.12. The molecule has 0 unspecified atom stereocenters. The van der Waals surface area contributed by atoms with Crippen molar-refractivity contribution in [1.82, 2.24) is 5.32 Å². The highest BCUT2D eigenvalue weighted by molar-refractivity contribution is 6.31. The number of halogens is 1. The van der Waals surface area contributed by atoms with Crippen LogP contribution in [0.5, 0.6) is 0 Å². The second-order valence-electron chi connectivity index (χ2n) is 3.51. The molecule has 1 N–H and O–H groups in total. The first-order valence-corrected chi connectivity index (χ1v) is 5.70. The molecular weight excluding hydrogens is 240 g/mol. The van der Waals surface area contributed by atoms with Crippen LogP contribution < -0.4 is 10.2 Å². The Morgan fingerprint density at radius 2 is 2.24 bits per heavy atom. The van der Waals surface area contributed by atoms with Crippen molar-refractivity contribution >= 4 is 29.5 Å². The Labute approximate surface area is 106 Å². The van der Waals surface area contributed by atoms with E-state index in [1.165, 1.54) is 0 Å². The fourth-order valence-corrected chi connectivity index (χ4v) is 1.68. The van der Waals surface area contributed by atoms with E-state index in [9.17, 15) is 9.59 Å². The van der Waals surface area contributed by atoms with Gasteiger partial charge in [0.25, 0.3) is 0 Å². The number of anilines is 1. The van der Waals surface area contributed by atoms with E-state index in [-0.39, 0.29) is 12.5 Å². The molecule has 1 aromatic rings. The number of amides is 1. The summed E-state index contributed by atoms with van der Waals surface area (Å²) in [5.41, 5.74) is 1.21. The maximum atomic E-state index is 11.4. The molecule has 0 aliphatic heterocycles. The number of benzene rings is 1. The van der Waals surface area contributed by atoms with Gasteiger partial charge in [-0.1, -0.05) is 11.6 Å². The summed E-state index contributed by atoms with van der Waals surface area (Å²) in [6.07, 6.45) is 0.762. The van der Waals surface area contributed by atoms with Crippen LogP contribution >= 0.6 is 11.6 Å². The second kappa shape index (κ2) is 6.25. The molecule has 0 saturated carbocycles. The SMILES string of the molecule is CCN(CC(=O)NC)c1cc(Cl)ccc1C=O. The Hall–Kier alpha value is -1.55. The van der Waals surface area contributed by atoms with Crippen LogP contribution in [0.25, 0.3) is 0 Å². The highest BCUT2D eigenvalue weighted by atomic mass is 35.5. The summed E-state index contributed by atoms with van der Waals surface area (Å²) in [4.78, 5) is 24.1. The predicted octanol–water partition coefficient (Wildman–Crippen LogP) is 1.72. The number of aldehydes is 1. The number of hydrogen-bond donors (Lipinski definition) is 1. The zero-order chi connectivity index (χ0) is 12.8. The molecule has 0 spiro atoms. The first-order valence-electron chi connectivity index (χ1n) is 5.32.